The van der Waals surface area contributed by atoms with Crippen LogP contribution in [-0.4, -0.2) is 40.2 Å². The first-order valence-corrected chi connectivity index (χ1v) is 6.05. The van der Waals surface area contributed by atoms with E-state index in [1.165, 1.54) is 12.1 Å². The molecule has 0 unspecified atom stereocenters. The van der Waals surface area contributed by atoms with E-state index in [1.54, 1.807) is 0 Å². The molecule has 3 N–H and O–H groups in total. The molecule has 0 saturated heterocycles. The average Bonchev–Trinajstić information content (AvgIpc) is 2.34. The molecule has 0 saturated carbocycles. The highest BCUT2D eigenvalue weighted by molar-refractivity contribution is 8.00. The van der Waals surface area contributed by atoms with E-state index in [1.807, 2.05) is 0 Å². The normalized spacial score (nSPS) is 12.8. The van der Waals surface area contributed by atoms with E-state index in [-0.39, 0.29) is 22.2 Å². The van der Waals surface area contributed by atoms with Gasteiger partial charge in [-0.1, -0.05) is 0 Å². The SMILES string of the molecule is O=C(NC[C@H](O)C(=O)O)c1ccc(SC(F)(F)F)cc1. The number of halogens is 3. The number of thioether (sulfide) groups is 1. The molecular formula is C11H10F3NO4S. The van der Waals surface area contributed by atoms with Crippen molar-refractivity contribution < 1.29 is 33.0 Å². The summed E-state index contributed by atoms with van der Waals surface area (Å²) in [5, 5.41) is 19.5. The minimum Gasteiger partial charge on any atom is -0.479 e. The molecule has 1 amide bonds. The van der Waals surface area contributed by atoms with Crippen LogP contribution in [0.25, 0.3) is 0 Å². The van der Waals surface area contributed by atoms with Crippen LogP contribution in [0.3, 0.4) is 0 Å². The molecule has 1 aromatic rings. The lowest BCUT2D eigenvalue weighted by Gasteiger charge is -2.09. The number of carboxylic acids is 1. The van der Waals surface area contributed by atoms with Gasteiger partial charge in [-0.15, -0.1) is 0 Å². The molecule has 5 nitrogen and oxygen atoms in total. The van der Waals surface area contributed by atoms with Crippen molar-refractivity contribution in [1.29, 1.82) is 0 Å². The zero-order valence-electron chi connectivity index (χ0n) is 9.85. The number of carbonyl (C=O) groups excluding carboxylic acids is 1. The predicted octanol–water partition coefficient (Wildman–Crippen LogP) is 1.47. The summed E-state index contributed by atoms with van der Waals surface area (Å²) in [6.07, 6.45) is -1.74. The van der Waals surface area contributed by atoms with Gasteiger partial charge in [-0.05, 0) is 36.0 Å². The number of hydrogen-bond acceptors (Lipinski definition) is 4. The Bertz CT molecular complexity index is 489. The number of carboxylic acid groups (broad SMARTS) is 1. The highest BCUT2D eigenvalue weighted by Crippen LogP contribution is 2.36. The minimum absolute atomic E-state index is 0.0640. The molecule has 0 heterocycles. The Labute approximate surface area is 115 Å². The molecule has 110 valence electrons. The van der Waals surface area contributed by atoms with Crippen molar-refractivity contribution in [3.8, 4) is 0 Å². The number of aliphatic carboxylic acids is 1. The van der Waals surface area contributed by atoms with Crippen LogP contribution in [0.5, 0.6) is 0 Å². The second kappa shape index (κ2) is 6.62. The molecule has 1 atom stereocenters. The van der Waals surface area contributed by atoms with Gasteiger partial charge in [0.1, 0.15) is 0 Å². The van der Waals surface area contributed by atoms with Crippen LogP contribution in [0.1, 0.15) is 10.4 Å². The van der Waals surface area contributed by atoms with Crippen molar-refractivity contribution in [2.24, 2.45) is 0 Å². The summed E-state index contributed by atoms with van der Waals surface area (Å²) in [7, 11) is 0. The summed E-state index contributed by atoms with van der Waals surface area (Å²) in [6.45, 7) is -0.493. The Morgan fingerprint density at radius 1 is 1.25 bits per heavy atom. The number of carbonyl (C=O) groups is 2. The molecule has 0 aliphatic rings. The van der Waals surface area contributed by atoms with Gasteiger partial charge in [0.05, 0.1) is 6.54 Å². The van der Waals surface area contributed by atoms with Crippen LogP contribution in [-0.2, 0) is 4.79 Å². The van der Waals surface area contributed by atoms with E-state index < -0.39 is 30.0 Å². The van der Waals surface area contributed by atoms with E-state index in [9.17, 15) is 22.8 Å². The molecule has 0 bridgehead atoms. The van der Waals surface area contributed by atoms with E-state index in [0.717, 1.165) is 12.1 Å². The van der Waals surface area contributed by atoms with Gasteiger partial charge in [0, 0.05) is 10.5 Å². The number of hydrogen-bond donors (Lipinski definition) is 3. The van der Waals surface area contributed by atoms with Crippen LogP contribution in [0.2, 0.25) is 0 Å². The lowest BCUT2D eigenvalue weighted by atomic mass is 10.2. The molecule has 0 aliphatic carbocycles. The van der Waals surface area contributed by atoms with Crippen molar-refractivity contribution in [2.45, 2.75) is 16.5 Å². The number of nitrogens with one attached hydrogen (secondary N) is 1. The molecule has 1 aromatic carbocycles. The van der Waals surface area contributed by atoms with Gasteiger partial charge < -0.3 is 15.5 Å². The lowest BCUT2D eigenvalue weighted by Crippen LogP contribution is -2.36. The monoisotopic (exact) mass is 309 g/mol. The second-order valence-electron chi connectivity index (χ2n) is 3.64. The van der Waals surface area contributed by atoms with Crippen molar-refractivity contribution in [3.05, 3.63) is 29.8 Å². The predicted molar refractivity (Wildman–Crippen MR) is 64.3 cm³/mol. The first-order valence-electron chi connectivity index (χ1n) is 5.24. The topological polar surface area (TPSA) is 86.6 Å². The maximum Gasteiger partial charge on any atom is 0.446 e. The molecule has 9 heteroatoms. The summed E-state index contributed by atoms with van der Waals surface area (Å²) in [6, 6.07) is 4.61. The fourth-order valence-corrected chi connectivity index (χ4v) is 1.73. The lowest BCUT2D eigenvalue weighted by molar-refractivity contribution is -0.146. The summed E-state index contributed by atoms with van der Waals surface area (Å²) < 4.78 is 36.3. The van der Waals surface area contributed by atoms with Gasteiger partial charge in [0.15, 0.2) is 6.10 Å². The number of aliphatic hydroxyl groups excluding tert-OH is 1. The first kappa shape index (κ1) is 16.3. The Morgan fingerprint density at radius 2 is 1.80 bits per heavy atom. The number of alkyl halides is 3. The maximum absolute atomic E-state index is 12.1. The Hall–Kier alpha value is -1.74. The van der Waals surface area contributed by atoms with E-state index in [0.29, 0.717) is 0 Å². The molecule has 0 spiro atoms. The highest BCUT2D eigenvalue weighted by Gasteiger charge is 2.29. The fourth-order valence-electron chi connectivity index (χ4n) is 1.19. The fraction of sp³-hybridized carbons (Fsp3) is 0.273. The van der Waals surface area contributed by atoms with Crippen molar-refractivity contribution in [2.75, 3.05) is 6.54 Å². The molecule has 0 radical (unpaired) electrons. The van der Waals surface area contributed by atoms with Crippen LogP contribution < -0.4 is 5.32 Å². The summed E-state index contributed by atoms with van der Waals surface area (Å²) in [5.41, 5.74) is -4.34. The number of aliphatic hydroxyl groups is 1. The maximum atomic E-state index is 12.1. The van der Waals surface area contributed by atoms with Crippen molar-refractivity contribution in [1.82, 2.24) is 5.32 Å². The zero-order valence-corrected chi connectivity index (χ0v) is 10.7. The average molecular weight is 309 g/mol. The van der Waals surface area contributed by atoms with Crippen molar-refractivity contribution in [3.63, 3.8) is 0 Å². The number of rotatable bonds is 5. The van der Waals surface area contributed by atoms with E-state index in [2.05, 4.69) is 5.32 Å². The standard InChI is InChI=1S/C11H10F3NO4S/c12-11(13,14)20-7-3-1-6(2-4-7)9(17)15-5-8(16)10(18)19/h1-4,8,16H,5H2,(H,15,17)(H,18,19)/t8-/m0/s1. The molecule has 1 rings (SSSR count). The van der Waals surface area contributed by atoms with Crippen LogP contribution in [0.4, 0.5) is 13.2 Å². The Kier molecular flexibility index (Phi) is 5.40. The van der Waals surface area contributed by atoms with Gasteiger partial charge in [-0.3, -0.25) is 4.79 Å². The molecule has 20 heavy (non-hydrogen) atoms. The second-order valence-corrected chi connectivity index (χ2v) is 4.77. The van der Waals surface area contributed by atoms with E-state index in [4.69, 9.17) is 10.2 Å². The molecule has 0 aliphatic heterocycles. The van der Waals surface area contributed by atoms with E-state index >= 15 is 0 Å². The van der Waals surface area contributed by atoms with Crippen LogP contribution in [0.15, 0.2) is 29.2 Å². The molecule has 0 fully saturated rings. The third-order valence-electron chi connectivity index (χ3n) is 2.09. The van der Waals surface area contributed by atoms with Crippen LogP contribution in [0, 0.1) is 0 Å². The summed E-state index contributed by atoms with van der Waals surface area (Å²) >= 11 is -0.306. The van der Waals surface area contributed by atoms with Gasteiger partial charge in [0.25, 0.3) is 5.91 Å². The van der Waals surface area contributed by atoms with Gasteiger partial charge in [-0.2, -0.15) is 13.2 Å². The third kappa shape index (κ3) is 5.49. The minimum atomic E-state index is -4.41. The zero-order chi connectivity index (χ0) is 15.3. The van der Waals surface area contributed by atoms with Gasteiger partial charge >= 0.3 is 11.5 Å². The smallest absolute Gasteiger partial charge is 0.446 e. The largest absolute Gasteiger partial charge is 0.479 e. The van der Waals surface area contributed by atoms with Crippen molar-refractivity contribution >= 4 is 23.6 Å². The summed E-state index contributed by atoms with van der Waals surface area (Å²) in [4.78, 5) is 21.8. The highest BCUT2D eigenvalue weighted by atomic mass is 32.2. The third-order valence-corrected chi connectivity index (χ3v) is 2.83. The van der Waals surface area contributed by atoms with Crippen LogP contribution >= 0.6 is 11.8 Å². The molecular weight excluding hydrogens is 299 g/mol. The number of amides is 1. The quantitative estimate of drug-likeness (QED) is 0.717. The Morgan fingerprint density at radius 3 is 2.25 bits per heavy atom. The number of benzene rings is 1. The van der Waals surface area contributed by atoms with Gasteiger partial charge in [0.2, 0.25) is 0 Å². The van der Waals surface area contributed by atoms with Gasteiger partial charge in [-0.25, -0.2) is 4.79 Å². The summed E-state index contributed by atoms with van der Waals surface area (Å²) in [5.74, 6) is -2.17. The molecule has 0 aromatic heterocycles. The Balaban J connectivity index is 2.60. The first-order chi connectivity index (χ1) is 9.19.